The Morgan fingerprint density at radius 1 is 1.00 bits per heavy atom. The van der Waals surface area contributed by atoms with E-state index in [0.717, 1.165) is 38.8 Å². The first-order valence-electron chi connectivity index (χ1n) is 9.73. The molecule has 7 nitrogen and oxygen atoms in total. The summed E-state index contributed by atoms with van der Waals surface area (Å²) >= 11 is 0. The molecule has 2 saturated heterocycles. The highest BCUT2D eigenvalue weighted by Crippen LogP contribution is 2.40. The van der Waals surface area contributed by atoms with E-state index in [0.29, 0.717) is 49.1 Å². The van der Waals surface area contributed by atoms with Crippen molar-refractivity contribution in [2.24, 2.45) is 5.92 Å². The van der Waals surface area contributed by atoms with E-state index in [1.807, 2.05) is 9.80 Å². The zero-order chi connectivity index (χ0) is 18.8. The molecule has 2 fully saturated rings. The summed E-state index contributed by atoms with van der Waals surface area (Å²) in [6.45, 7) is 3.89. The highest BCUT2D eigenvalue weighted by atomic mass is 16.6. The predicted octanol–water partition coefficient (Wildman–Crippen LogP) is 1.94. The summed E-state index contributed by atoms with van der Waals surface area (Å²) in [6, 6.07) is 3.43. The maximum Gasteiger partial charge on any atom is 0.254 e. The Labute approximate surface area is 159 Å². The topological polar surface area (TPSA) is 68.3 Å². The average molecular weight is 374 g/mol. The number of carbonyl (C=O) groups excluding carboxylic acids is 2. The van der Waals surface area contributed by atoms with Crippen molar-refractivity contribution in [3.63, 3.8) is 0 Å². The van der Waals surface area contributed by atoms with Crippen LogP contribution in [0.1, 0.15) is 36.0 Å². The van der Waals surface area contributed by atoms with Crippen molar-refractivity contribution in [3.8, 4) is 17.2 Å². The molecule has 0 radical (unpaired) electrons. The first-order valence-corrected chi connectivity index (χ1v) is 9.73. The molecule has 0 atom stereocenters. The zero-order valence-corrected chi connectivity index (χ0v) is 15.7. The highest BCUT2D eigenvalue weighted by Gasteiger charge is 2.32. The van der Waals surface area contributed by atoms with Gasteiger partial charge in [0, 0.05) is 37.7 Å². The van der Waals surface area contributed by atoms with Crippen LogP contribution in [-0.2, 0) is 4.79 Å². The van der Waals surface area contributed by atoms with Crippen LogP contribution in [0.2, 0.25) is 0 Å². The van der Waals surface area contributed by atoms with Crippen LogP contribution in [0.15, 0.2) is 12.1 Å². The Bertz CT molecular complexity index is 704. The smallest absolute Gasteiger partial charge is 0.254 e. The number of likely N-dealkylation sites (tertiary alicyclic amines) is 2. The highest BCUT2D eigenvalue weighted by molar-refractivity contribution is 5.96. The fourth-order valence-electron chi connectivity index (χ4n) is 4.10. The van der Waals surface area contributed by atoms with Crippen molar-refractivity contribution in [1.82, 2.24) is 9.80 Å². The molecule has 3 heterocycles. The molecular weight excluding hydrogens is 348 g/mol. The van der Waals surface area contributed by atoms with Gasteiger partial charge >= 0.3 is 0 Å². The van der Waals surface area contributed by atoms with Crippen molar-refractivity contribution in [2.45, 2.75) is 25.7 Å². The van der Waals surface area contributed by atoms with Crippen molar-refractivity contribution in [3.05, 3.63) is 17.7 Å². The third-order valence-electron chi connectivity index (χ3n) is 5.62. The minimum absolute atomic E-state index is 0.0435. The number of nitrogens with zero attached hydrogens (tertiary/aromatic N) is 2. The van der Waals surface area contributed by atoms with E-state index in [-0.39, 0.29) is 17.7 Å². The number of amides is 2. The number of hydrogen-bond acceptors (Lipinski definition) is 5. The number of hydrogen-bond donors (Lipinski definition) is 0. The third kappa shape index (κ3) is 3.55. The summed E-state index contributed by atoms with van der Waals surface area (Å²) in [6.07, 6.45) is 3.66. The minimum atomic E-state index is -0.0580. The van der Waals surface area contributed by atoms with Crippen molar-refractivity contribution >= 4 is 11.8 Å². The second-order valence-electron chi connectivity index (χ2n) is 7.30. The van der Waals surface area contributed by atoms with Gasteiger partial charge in [0.05, 0.1) is 7.11 Å². The molecule has 7 heteroatoms. The lowest BCUT2D eigenvalue weighted by atomic mass is 9.95. The summed E-state index contributed by atoms with van der Waals surface area (Å²) in [7, 11) is 1.55. The number of ether oxygens (including phenoxy) is 3. The van der Waals surface area contributed by atoms with Crippen molar-refractivity contribution in [2.75, 3.05) is 46.5 Å². The van der Waals surface area contributed by atoms with Gasteiger partial charge in [0.2, 0.25) is 11.7 Å². The Morgan fingerprint density at radius 2 is 1.70 bits per heavy atom. The Morgan fingerprint density at radius 3 is 2.41 bits per heavy atom. The van der Waals surface area contributed by atoms with Crippen LogP contribution in [0.25, 0.3) is 0 Å². The molecular formula is C20H26N2O5. The first kappa shape index (κ1) is 17.9. The van der Waals surface area contributed by atoms with Crippen LogP contribution >= 0.6 is 0 Å². The minimum Gasteiger partial charge on any atom is -0.493 e. The van der Waals surface area contributed by atoms with Gasteiger partial charge in [-0.15, -0.1) is 0 Å². The van der Waals surface area contributed by atoms with Crippen LogP contribution in [0.4, 0.5) is 0 Å². The fourth-order valence-corrected chi connectivity index (χ4v) is 4.10. The van der Waals surface area contributed by atoms with Gasteiger partial charge in [-0.05, 0) is 37.8 Å². The molecule has 146 valence electrons. The quantitative estimate of drug-likeness (QED) is 0.809. The van der Waals surface area contributed by atoms with Crippen molar-refractivity contribution in [1.29, 1.82) is 0 Å². The fraction of sp³-hybridized carbons (Fsp3) is 0.600. The molecule has 0 saturated carbocycles. The van der Waals surface area contributed by atoms with Crippen LogP contribution in [0.5, 0.6) is 17.2 Å². The molecule has 1 aromatic carbocycles. The van der Waals surface area contributed by atoms with Crippen LogP contribution in [0, 0.1) is 5.92 Å². The molecule has 3 aliphatic rings. The van der Waals surface area contributed by atoms with Crippen LogP contribution < -0.4 is 14.2 Å². The van der Waals surface area contributed by atoms with Gasteiger partial charge in [-0.1, -0.05) is 0 Å². The summed E-state index contributed by atoms with van der Waals surface area (Å²) in [4.78, 5) is 29.3. The van der Waals surface area contributed by atoms with Gasteiger partial charge in [0.1, 0.15) is 13.2 Å². The van der Waals surface area contributed by atoms with Gasteiger partial charge in [0.25, 0.3) is 5.91 Å². The lowest BCUT2D eigenvalue weighted by Crippen LogP contribution is -2.43. The van der Waals surface area contributed by atoms with Gasteiger partial charge < -0.3 is 24.0 Å². The Kier molecular flexibility index (Phi) is 5.09. The molecule has 0 unspecified atom stereocenters. The standard InChI is InChI=1S/C20H26N2O5/c1-25-16-12-15(13-17-18(16)27-11-10-26-17)20(24)22-8-4-14(5-9-22)19(23)21-6-2-3-7-21/h12-14H,2-11H2,1H3. The van der Waals surface area contributed by atoms with Gasteiger partial charge in [-0.2, -0.15) is 0 Å². The largest absolute Gasteiger partial charge is 0.493 e. The maximum absolute atomic E-state index is 13.0. The maximum atomic E-state index is 13.0. The molecule has 3 aliphatic heterocycles. The Balaban J connectivity index is 1.43. The van der Waals surface area contributed by atoms with E-state index in [9.17, 15) is 9.59 Å². The van der Waals surface area contributed by atoms with Gasteiger partial charge in [-0.25, -0.2) is 0 Å². The monoisotopic (exact) mass is 374 g/mol. The van der Waals surface area contributed by atoms with Crippen molar-refractivity contribution < 1.29 is 23.8 Å². The van der Waals surface area contributed by atoms with E-state index in [2.05, 4.69) is 0 Å². The van der Waals surface area contributed by atoms with Gasteiger partial charge in [-0.3, -0.25) is 9.59 Å². The molecule has 27 heavy (non-hydrogen) atoms. The zero-order valence-electron chi connectivity index (χ0n) is 15.7. The molecule has 0 N–H and O–H groups in total. The normalized spacial score (nSPS) is 19.9. The number of carbonyl (C=O) groups is 2. The first-order chi connectivity index (χ1) is 13.2. The Hall–Kier alpha value is -2.44. The van der Waals surface area contributed by atoms with Gasteiger partial charge in [0.15, 0.2) is 11.5 Å². The second kappa shape index (κ2) is 7.66. The predicted molar refractivity (Wildman–Crippen MR) is 98.4 cm³/mol. The van der Waals surface area contributed by atoms with E-state index >= 15 is 0 Å². The SMILES string of the molecule is COc1cc(C(=O)N2CCC(C(=O)N3CCCC3)CC2)cc2c1OCCO2. The van der Waals surface area contributed by atoms with E-state index in [1.165, 1.54) is 0 Å². The second-order valence-corrected chi connectivity index (χ2v) is 7.30. The lowest BCUT2D eigenvalue weighted by Gasteiger charge is -2.33. The number of piperidine rings is 1. The summed E-state index contributed by atoms with van der Waals surface area (Å²) in [5.74, 6) is 1.85. The number of methoxy groups -OCH3 is 1. The van der Waals surface area contributed by atoms with Crippen LogP contribution in [0.3, 0.4) is 0 Å². The molecule has 0 aromatic heterocycles. The van der Waals surface area contributed by atoms with E-state index < -0.39 is 0 Å². The average Bonchev–Trinajstić information content (AvgIpc) is 3.27. The molecule has 0 bridgehead atoms. The number of rotatable bonds is 3. The number of fused-ring (bicyclic) bond motifs is 1. The van der Waals surface area contributed by atoms with Crippen LogP contribution in [-0.4, -0.2) is 68.1 Å². The third-order valence-corrected chi connectivity index (χ3v) is 5.62. The molecule has 0 aliphatic carbocycles. The summed E-state index contributed by atoms with van der Waals surface area (Å²) in [5, 5.41) is 0. The molecule has 0 spiro atoms. The summed E-state index contributed by atoms with van der Waals surface area (Å²) < 4.78 is 16.6. The molecule has 4 rings (SSSR count). The molecule has 2 amide bonds. The van der Waals surface area contributed by atoms with E-state index in [1.54, 1.807) is 19.2 Å². The number of benzene rings is 1. The molecule has 1 aromatic rings. The lowest BCUT2D eigenvalue weighted by molar-refractivity contribution is -0.135. The summed E-state index contributed by atoms with van der Waals surface area (Å²) in [5.41, 5.74) is 0.528. The van der Waals surface area contributed by atoms with E-state index in [4.69, 9.17) is 14.2 Å².